The lowest BCUT2D eigenvalue weighted by Gasteiger charge is -2.12. The molecule has 0 bridgehead atoms. The van der Waals surface area contributed by atoms with Crippen molar-refractivity contribution in [2.75, 3.05) is 6.26 Å². The second-order valence-corrected chi connectivity index (χ2v) is 8.99. The number of para-hydroxylation sites is 1. The number of thioether (sulfide) groups is 1. The minimum Gasteiger partial charge on any atom is -0.337 e. The van der Waals surface area contributed by atoms with E-state index in [1.165, 1.54) is 37.8 Å². The highest BCUT2D eigenvalue weighted by Crippen LogP contribution is 2.36. The maximum atomic E-state index is 13.3. The van der Waals surface area contributed by atoms with Gasteiger partial charge in [0.15, 0.2) is 5.78 Å². The predicted octanol–water partition coefficient (Wildman–Crippen LogP) is 7.76. The lowest BCUT2D eigenvalue weighted by atomic mass is 9.91. The van der Waals surface area contributed by atoms with Crippen LogP contribution in [-0.2, 0) is 5.88 Å². The summed E-state index contributed by atoms with van der Waals surface area (Å²) < 4.78 is 2.24. The van der Waals surface area contributed by atoms with Crippen LogP contribution in [0.1, 0.15) is 15.9 Å². The van der Waals surface area contributed by atoms with Crippen LogP contribution in [0.3, 0.4) is 0 Å². The van der Waals surface area contributed by atoms with Crippen molar-refractivity contribution in [3.05, 3.63) is 102 Å². The lowest BCUT2D eigenvalue weighted by Crippen LogP contribution is -1.97. The minimum atomic E-state index is 0.0321. The maximum absolute atomic E-state index is 13.3. The van der Waals surface area contributed by atoms with Gasteiger partial charge in [-0.15, -0.1) is 11.8 Å². The quantitative estimate of drug-likeness (QED) is 0.158. The van der Waals surface area contributed by atoms with Gasteiger partial charge in [0.25, 0.3) is 0 Å². The molecule has 0 unspecified atom stereocenters. The van der Waals surface area contributed by atoms with E-state index in [2.05, 4.69) is 83.7 Å². The number of rotatable bonds is 5. The summed E-state index contributed by atoms with van der Waals surface area (Å²) in [6, 6.07) is 27.3. The molecule has 0 spiro atoms. The predicted molar refractivity (Wildman–Crippen MR) is 139 cm³/mol. The van der Waals surface area contributed by atoms with E-state index in [1.807, 2.05) is 18.2 Å². The van der Waals surface area contributed by atoms with Crippen LogP contribution in [0.15, 0.2) is 91.1 Å². The smallest absolute Gasteiger partial charge is 0.186 e. The zero-order valence-electron chi connectivity index (χ0n) is 17.7. The molecule has 0 aliphatic heterocycles. The van der Waals surface area contributed by atoms with E-state index in [0.29, 0.717) is 0 Å². The molecule has 0 fully saturated rings. The molecular weight excluding hydrogens is 410 g/mol. The summed E-state index contributed by atoms with van der Waals surface area (Å²) in [5.74, 6) is 0.918. The van der Waals surface area contributed by atoms with E-state index in [0.717, 1.165) is 22.4 Å². The van der Waals surface area contributed by atoms with Gasteiger partial charge < -0.3 is 4.57 Å². The Kier molecular flexibility index (Phi) is 4.51. The molecular formula is C29H21NOS. The van der Waals surface area contributed by atoms with E-state index in [1.54, 1.807) is 17.8 Å². The number of hydrogen-bond donors (Lipinski definition) is 0. The van der Waals surface area contributed by atoms with Crippen LogP contribution in [0.25, 0.3) is 49.3 Å². The molecule has 0 atom stereocenters. The number of hydrogen-bond acceptors (Lipinski definition) is 2. The number of aromatic nitrogens is 1. The number of carbonyl (C=O) groups excluding carboxylic acids is 1. The summed E-state index contributed by atoms with van der Waals surface area (Å²) in [5, 5.41) is 8.19. The normalized spacial score (nSPS) is 12.2. The molecule has 6 rings (SSSR count). The van der Waals surface area contributed by atoms with Crippen LogP contribution in [-0.4, -0.2) is 16.6 Å². The summed E-state index contributed by atoms with van der Waals surface area (Å²) in [6.07, 6.45) is 7.91. The molecule has 1 heterocycles. The number of fused-ring (bicyclic) bond motifs is 1. The van der Waals surface area contributed by atoms with Gasteiger partial charge >= 0.3 is 0 Å². The molecule has 0 aliphatic carbocycles. The standard InChI is InChI=1S/C29H21NOS/c1-32-18-30-17-22(23-7-2-3-8-26(23)30)13-16-27(31)24-14-11-21-10-9-19-5-4-6-20-12-15-25(24)29(21)28(19)20/h2-17H,18H2,1H3/b16-13+. The highest BCUT2D eigenvalue weighted by atomic mass is 32.2. The summed E-state index contributed by atoms with van der Waals surface area (Å²) in [7, 11) is 0. The van der Waals surface area contributed by atoms with Gasteiger partial charge in [-0.1, -0.05) is 66.7 Å². The molecule has 1 aromatic heterocycles. The number of nitrogens with zero attached hydrogens (tertiary/aromatic N) is 1. The van der Waals surface area contributed by atoms with Gasteiger partial charge in [0.2, 0.25) is 0 Å². The molecule has 0 saturated heterocycles. The van der Waals surface area contributed by atoms with Gasteiger partial charge in [0.05, 0.1) is 5.88 Å². The molecule has 5 aromatic carbocycles. The molecule has 0 aliphatic rings. The fourth-order valence-corrected chi connectivity index (χ4v) is 5.35. The second kappa shape index (κ2) is 7.54. The fraction of sp³-hybridized carbons (Fsp3) is 0.0690. The summed E-state index contributed by atoms with van der Waals surface area (Å²) in [6.45, 7) is 0. The van der Waals surface area contributed by atoms with Crippen LogP contribution in [0.5, 0.6) is 0 Å². The number of carbonyl (C=O) groups is 1. The molecule has 2 nitrogen and oxygen atoms in total. The van der Waals surface area contributed by atoms with Crippen LogP contribution < -0.4 is 0 Å². The second-order valence-electron chi connectivity index (χ2n) is 8.16. The fourth-order valence-electron chi connectivity index (χ4n) is 4.86. The Morgan fingerprint density at radius 2 is 1.53 bits per heavy atom. The van der Waals surface area contributed by atoms with E-state index >= 15 is 0 Å². The van der Waals surface area contributed by atoms with Gasteiger partial charge in [0, 0.05) is 28.2 Å². The summed E-state index contributed by atoms with van der Waals surface area (Å²) in [5.41, 5.74) is 3.01. The van der Waals surface area contributed by atoms with E-state index in [-0.39, 0.29) is 5.78 Å². The van der Waals surface area contributed by atoms with Crippen molar-refractivity contribution in [1.82, 2.24) is 4.57 Å². The van der Waals surface area contributed by atoms with Crippen molar-refractivity contribution in [2.45, 2.75) is 5.88 Å². The van der Waals surface area contributed by atoms with Gasteiger partial charge in [-0.05, 0) is 62.9 Å². The van der Waals surface area contributed by atoms with E-state index in [4.69, 9.17) is 0 Å². The summed E-state index contributed by atoms with van der Waals surface area (Å²) in [4.78, 5) is 13.3. The van der Waals surface area contributed by atoms with Crippen LogP contribution in [0.4, 0.5) is 0 Å². The van der Waals surface area contributed by atoms with E-state index < -0.39 is 0 Å². The topological polar surface area (TPSA) is 22.0 Å². The highest BCUT2D eigenvalue weighted by molar-refractivity contribution is 7.97. The van der Waals surface area contributed by atoms with Crippen molar-refractivity contribution in [3.63, 3.8) is 0 Å². The monoisotopic (exact) mass is 431 g/mol. The van der Waals surface area contributed by atoms with Crippen molar-refractivity contribution in [2.24, 2.45) is 0 Å². The molecule has 6 aromatic rings. The molecule has 0 N–H and O–H groups in total. The molecule has 0 saturated carbocycles. The van der Waals surface area contributed by atoms with Crippen LogP contribution in [0, 0.1) is 0 Å². The summed E-state index contributed by atoms with van der Waals surface area (Å²) >= 11 is 1.78. The Bertz CT molecular complexity index is 1640. The zero-order chi connectivity index (χ0) is 21.7. The first kappa shape index (κ1) is 19.1. The Hall–Kier alpha value is -3.56. The van der Waals surface area contributed by atoms with Gasteiger partial charge in [-0.25, -0.2) is 0 Å². The van der Waals surface area contributed by atoms with Gasteiger partial charge in [-0.2, -0.15) is 0 Å². The Balaban J connectivity index is 1.47. The Morgan fingerprint density at radius 1 is 0.812 bits per heavy atom. The third-order valence-corrected chi connectivity index (χ3v) is 6.83. The van der Waals surface area contributed by atoms with Gasteiger partial charge in [-0.3, -0.25) is 4.79 Å². The molecule has 0 radical (unpaired) electrons. The number of allylic oxidation sites excluding steroid dienone is 1. The van der Waals surface area contributed by atoms with Crippen molar-refractivity contribution >= 4 is 66.8 Å². The third kappa shape index (κ3) is 2.93. The van der Waals surface area contributed by atoms with Crippen LogP contribution >= 0.6 is 11.8 Å². The SMILES string of the molecule is CSCn1cc(/C=C/C(=O)c2ccc3ccc4cccc5ccc2c3c45)c2ccccc21. The number of ketones is 1. The van der Waals surface area contributed by atoms with Crippen molar-refractivity contribution in [3.8, 4) is 0 Å². The van der Waals surface area contributed by atoms with E-state index in [9.17, 15) is 4.79 Å². The largest absolute Gasteiger partial charge is 0.337 e. The zero-order valence-corrected chi connectivity index (χ0v) is 18.5. The Labute approximate surface area is 190 Å². The molecule has 0 amide bonds. The molecule has 32 heavy (non-hydrogen) atoms. The average Bonchev–Trinajstić information content (AvgIpc) is 3.19. The van der Waals surface area contributed by atoms with Crippen molar-refractivity contribution in [1.29, 1.82) is 0 Å². The first-order valence-corrected chi connectivity index (χ1v) is 12.1. The lowest BCUT2D eigenvalue weighted by molar-refractivity contribution is 0.104. The highest BCUT2D eigenvalue weighted by Gasteiger charge is 2.14. The van der Waals surface area contributed by atoms with Gasteiger partial charge in [0.1, 0.15) is 0 Å². The minimum absolute atomic E-state index is 0.0321. The maximum Gasteiger partial charge on any atom is 0.186 e. The third-order valence-electron chi connectivity index (χ3n) is 6.30. The average molecular weight is 432 g/mol. The van der Waals surface area contributed by atoms with Crippen LogP contribution in [0.2, 0.25) is 0 Å². The van der Waals surface area contributed by atoms with Crippen molar-refractivity contribution < 1.29 is 4.79 Å². The first-order chi connectivity index (χ1) is 15.7. The number of benzene rings is 5. The molecule has 3 heteroatoms. The Morgan fingerprint density at radius 3 is 2.34 bits per heavy atom. The first-order valence-electron chi connectivity index (χ1n) is 10.7. The molecule has 154 valence electrons.